The highest BCUT2D eigenvalue weighted by Gasteiger charge is 2.31. The van der Waals surface area contributed by atoms with Gasteiger partial charge in [-0.15, -0.1) is 0 Å². The van der Waals surface area contributed by atoms with Gasteiger partial charge in [0, 0.05) is 13.7 Å². The minimum absolute atomic E-state index is 0.0436. The van der Waals surface area contributed by atoms with Crippen molar-refractivity contribution in [2.75, 3.05) is 33.5 Å². The first-order valence-electron chi connectivity index (χ1n) is 5.00. The molecule has 0 atom stereocenters. The van der Waals surface area contributed by atoms with Crippen LogP contribution in [0, 0.1) is 0 Å². The van der Waals surface area contributed by atoms with Gasteiger partial charge in [0.1, 0.15) is 0 Å². The van der Waals surface area contributed by atoms with Gasteiger partial charge in [0.25, 0.3) is 0 Å². The van der Waals surface area contributed by atoms with E-state index in [-0.39, 0.29) is 30.5 Å². The zero-order valence-corrected chi connectivity index (χ0v) is 9.37. The summed E-state index contributed by atoms with van der Waals surface area (Å²) in [6.45, 7) is 2.69. The van der Waals surface area contributed by atoms with Crippen molar-refractivity contribution in [3.63, 3.8) is 0 Å². The summed E-state index contributed by atoms with van der Waals surface area (Å²) in [5.41, 5.74) is -0.0436. The predicted molar refractivity (Wildman–Crippen MR) is 54.5 cm³/mol. The molecule has 0 spiro atoms. The molecule has 0 saturated carbocycles. The number of esters is 1. The van der Waals surface area contributed by atoms with Gasteiger partial charge < -0.3 is 19.5 Å². The van der Waals surface area contributed by atoms with E-state index in [1.165, 1.54) is 0 Å². The maximum Gasteiger partial charge on any atom is 0.347 e. The highest BCUT2D eigenvalue weighted by atomic mass is 16.5. The number of carbonyl (C=O) groups excluding carboxylic acids is 2. The predicted octanol–water partition coefficient (Wildman–Crippen LogP) is -0.404. The second kappa shape index (κ2) is 6.12. The third-order valence-corrected chi connectivity index (χ3v) is 1.92. The third-order valence-electron chi connectivity index (χ3n) is 1.92. The van der Waals surface area contributed by atoms with E-state index in [1.54, 1.807) is 14.0 Å². The Labute approximate surface area is 93.5 Å². The van der Waals surface area contributed by atoms with E-state index in [0.717, 1.165) is 0 Å². The lowest BCUT2D eigenvalue weighted by Gasteiger charge is -2.07. The number of methoxy groups -OCH3 is 1. The van der Waals surface area contributed by atoms with E-state index in [9.17, 15) is 9.59 Å². The second-order valence-electron chi connectivity index (χ2n) is 3.06. The average Bonchev–Trinajstić information content (AvgIpc) is 2.61. The molecule has 90 valence electrons. The van der Waals surface area contributed by atoms with Crippen molar-refractivity contribution in [1.82, 2.24) is 5.32 Å². The molecule has 1 aliphatic rings. The highest BCUT2D eigenvalue weighted by Crippen LogP contribution is 2.15. The number of carbonyl (C=O) groups is 2. The molecule has 1 N–H and O–H groups in total. The molecule has 16 heavy (non-hydrogen) atoms. The molecule has 0 amide bonds. The molecule has 0 aromatic heterocycles. The van der Waals surface area contributed by atoms with Crippen LogP contribution in [0.3, 0.4) is 0 Å². The molecule has 1 rings (SSSR count). The summed E-state index contributed by atoms with van der Waals surface area (Å²) in [5.74, 6) is -0.830. The van der Waals surface area contributed by atoms with Crippen LogP contribution < -0.4 is 5.32 Å². The van der Waals surface area contributed by atoms with E-state index in [4.69, 9.17) is 14.2 Å². The van der Waals surface area contributed by atoms with Gasteiger partial charge in [-0.25, -0.2) is 4.79 Å². The lowest BCUT2D eigenvalue weighted by atomic mass is 10.2. The molecule has 0 aromatic carbocycles. The minimum atomic E-state index is -0.648. The Hall–Kier alpha value is -1.56. The van der Waals surface area contributed by atoms with Crippen molar-refractivity contribution in [2.24, 2.45) is 0 Å². The minimum Gasteiger partial charge on any atom is -0.470 e. The summed E-state index contributed by atoms with van der Waals surface area (Å²) in [4.78, 5) is 22.8. The summed E-state index contributed by atoms with van der Waals surface area (Å²) in [6, 6.07) is 0. The summed E-state index contributed by atoms with van der Waals surface area (Å²) in [7, 11) is 1.56. The van der Waals surface area contributed by atoms with Gasteiger partial charge in [-0.1, -0.05) is 0 Å². The zero-order chi connectivity index (χ0) is 12.0. The number of Topliss-reactive ketones (excluding diaryl/α,β-unsaturated/α-hetero) is 1. The largest absolute Gasteiger partial charge is 0.470 e. The number of hydrogen-bond donors (Lipinski definition) is 1. The molecule has 0 aliphatic carbocycles. The average molecular weight is 229 g/mol. The molecule has 0 bridgehead atoms. The van der Waals surface area contributed by atoms with Crippen LogP contribution >= 0.6 is 0 Å². The Morgan fingerprint density at radius 1 is 1.56 bits per heavy atom. The fourth-order valence-electron chi connectivity index (χ4n) is 1.22. The molecule has 6 heteroatoms. The number of ether oxygens (including phenoxy) is 3. The lowest BCUT2D eigenvalue weighted by molar-refractivity contribution is -0.139. The van der Waals surface area contributed by atoms with Crippen molar-refractivity contribution in [3.05, 3.63) is 11.5 Å². The Balaban J connectivity index is 2.67. The SMILES string of the molecule is CCOC(=O)C1=C(NCCOC)OCC1=O. The monoisotopic (exact) mass is 229 g/mol. The second-order valence-corrected chi connectivity index (χ2v) is 3.06. The van der Waals surface area contributed by atoms with Gasteiger partial charge in [0.05, 0.1) is 13.2 Å². The van der Waals surface area contributed by atoms with Crippen LogP contribution in [0.5, 0.6) is 0 Å². The Morgan fingerprint density at radius 3 is 2.94 bits per heavy atom. The van der Waals surface area contributed by atoms with Crippen LogP contribution in [0.1, 0.15) is 6.92 Å². The highest BCUT2D eigenvalue weighted by molar-refractivity contribution is 6.19. The fraction of sp³-hybridized carbons (Fsp3) is 0.600. The number of nitrogens with one attached hydrogen (secondary N) is 1. The maximum absolute atomic E-state index is 11.4. The smallest absolute Gasteiger partial charge is 0.347 e. The molecule has 1 heterocycles. The van der Waals surface area contributed by atoms with Crippen LogP contribution in [0.25, 0.3) is 0 Å². The van der Waals surface area contributed by atoms with Crippen molar-refractivity contribution in [2.45, 2.75) is 6.92 Å². The van der Waals surface area contributed by atoms with Crippen LogP contribution in [0.4, 0.5) is 0 Å². The van der Waals surface area contributed by atoms with Gasteiger partial charge >= 0.3 is 5.97 Å². The standard InChI is InChI=1S/C10H15NO5/c1-3-15-10(13)8-7(12)6-16-9(8)11-4-5-14-2/h11H,3-6H2,1-2H3. The van der Waals surface area contributed by atoms with E-state index < -0.39 is 5.97 Å². The zero-order valence-electron chi connectivity index (χ0n) is 9.37. The Bertz CT molecular complexity index is 310. The number of ketones is 1. The van der Waals surface area contributed by atoms with E-state index >= 15 is 0 Å². The van der Waals surface area contributed by atoms with Gasteiger partial charge in [-0.2, -0.15) is 0 Å². The molecule has 6 nitrogen and oxygen atoms in total. The normalized spacial score (nSPS) is 15.0. The Morgan fingerprint density at radius 2 is 2.31 bits per heavy atom. The van der Waals surface area contributed by atoms with Gasteiger partial charge in [-0.05, 0) is 6.92 Å². The molecular formula is C10H15NO5. The lowest BCUT2D eigenvalue weighted by Crippen LogP contribution is -2.22. The van der Waals surface area contributed by atoms with Crippen LogP contribution in [0.15, 0.2) is 11.5 Å². The van der Waals surface area contributed by atoms with Crippen molar-refractivity contribution < 1.29 is 23.8 Å². The molecule has 0 unspecified atom stereocenters. The van der Waals surface area contributed by atoms with Crippen LogP contribution in [0.2, 0.25) is 0 Å². The topological polar surface area (TPSA) is 73.9 Å². The van der Waals surface area contributed by atoms with E-state index in [0.29, 0.717) is 13.2 Å². The van der Waals surface area contributed by atoms with E-state index in [1.807, 2.05) is 0 Å². The van der Waals surface area contributed by atoms with Crippen molar-refractivity contribution in [3.8, 4) is 0 Å². The summed E-state index contributed by atoms with van der Waals surface area (Å²) in [6.07, 6.45) is 0. The molecule has 0 radical (unpaired) electrons. The quantitative estimate of drug-likeness (QED) is 0.379. The van der Waals surface area contributed by atoms with Crippen molar-refractivity contribution >= 4 is 11.8 Å². The summed E-state index contributed by atoms with van der Waals surface area (Å²) < 4.78 is 14.6. The first-order chi connectivity index (χ1) is 7.70. The van der Waals surface area contributed by atoms with Crippen molar-refractivity contribution in [1.29, 1.82) is 0 Å². The summed E-state index contributed by atoms with van der Waals surface area (Å²) in [5, 5.41) is 2.81. The van der Waals surface area contributed by atoms with Gasteiger partial charge in [0.15, 0.2) is 12.2 Å². The molecule has 0 fully saturated rings. The molecule has 0 aromatic rings. The van der Waals surface area contributed by atoms with Crippen LogP contribution in [-0.4, -0.2) is 45.2 Å². The van der Waals surface area contributed by atoms with E-state index in [2.05, 4.69) is 5.32 Å². The van der Waals surface area contributed by atoms with Gasteiger partial charge in [-0.3, -0.25) is 4.79 Å². The molecular weight excluding hydrogens is 214 g/mol. The third kappa shape index (κ3) is 2.96. The first kappa shape index (κ1) is 12.5. The Kier molecular flexibility index (Phi) is 4.78. The number of rotatable bonds is 6. The summed E-state index contributed by atoms with van der Waals surface area (Å²) >= 11 is 0. The molecule has 1 aliphatic heterocycles. The molecule has 0 saturated heterocycles. The van der Waals surface area contributed by atoms with Gasteiger partial charge in [0.2, 0.25) is 11.7 Å². The number of hydrogen-bond acceptors (Lipinski definition) is 6. The first-order valence-corrected chi connectivity index (χ1v) is 5.00. The fourth-order valence-corrected chi connectivity index (χ4v) is 1.22. The van der Waals surface area contributed by atoms with Crippen LogP contribution in [-0.2, 0) is 23.8 Å². The maximum atomic E-state index is 11.4.